The summed E-state index contributed by atoms with van der Waals surface area (Å²) in [5.41, 5.74) is 3.40. The Hall–Kier alpha value is -3.40. The molecule has 4 nitrogen and oxygen atoms in total. The van der Waals surface area contributed by atoms with E-state index in [4.69, 9.17) is 9.47 Å². The smallest absolute Gasteiger partial charge is 0.322 e. The molecule has 1 aromatic rings. The normalized spacial score (nSPS) is 25.5. The topological polar surface area (TPSA) is 52.6 Å². The van der Waals surface area contributed by atoms with Crippen LogP contribution in [0.5, 0.6) is 0 Å². The first-order valence-electron chi connectivity index (χ1n) is 8.44. The van der Waals surface area contributed by atoms with Crippen molar-refractivity contribution in [2.45, 2.75) is 0 Å². The highest BCUT2D eigenvalue weighted by Crippen LogP contribution is 2.39. The van der Waals surface area contributed by atoms with Gasteiger partial charge >= 0.3 is 11.9 Å². The zero-order valence-corrected chi connectivity index (χ0v) is 13.7. The highest BCUT2D eigenvalue weighted by Gasteiger charge is 2.35. The third kappa shape index (κ3) is 2.15. The first-order chi connectivity index (χ1) is 12.7. The molecular weight excluding hydrogens is 328 g/mol. The van der Waals surface area contributed by atoms with Gasteiger partial charge in [0.15, 0.2) is 0 Å². The molecule has 1 aromatic carbocycles. The first kappa shape index (κ1) is 14.9. The minimum absolute atomic E-state index is 0.253. The van der Waals surface area contributed by atoms with E-state index in [1.165, 1.54) is 0 Å². The van der Waals surface area contributed by atoms with Gasteiger partial charge in [0.2, 0.25) is 0 Å². The summed E-state index contributed by atoms with van der Waals surface area (Å²) < 4.78 is 11.0. The number of carbonyl (C=O) groups is 2. The summed E-state index contributed by atoms with van der Waals surface area (Å²) in [5.74, 6) is 0.0245. The van der Waals surface area contributed by atoms with E-state index in [1.807, 2.05) is 72.9 Å². The maximum atomic E-state index is 12.0. The van der Waals surface area contributed by atoms with E-state index in [2.05, 4.69) is 0 Å². The van der Waals surface area contributed by atoms with Gasteiger partial charge in [0.05, 0.1) is 0 Å². The van der Waals surface area contributed by atoms with Gasteiger partial charge in [0.1, 0.15) is 23.4 Å². The maximum absolute atomic E-state index is 12.0. The minimum Gasteiger partial charge on any atom is -0.425 e. The lowest BCUT2D eigenvalue weighted by Gasteiger charge is -2.08. The second-order valence-corrected chi connectivity index (χ2v) is 6.43. The number of esters is 2. The van der Waals surface area contributed by atoms with Crippen molar-refractivity contribution in [3.05, 3.63) is 95.1 Å². The predicted molar refractivity (Wildman–Crippen MR) is 96.0 cm³/mol. The van der Waals surface area contributed by atoms with Crippen molar-refractivity contribution in [1.29, 1.82) is 0 Å². The van der Waals surface area contributed by atoms with Crippen molar-refractivity contribution in [3.63, 3.8) is 0 Å². The summed E-state index contributed by atoms with van der Waals surface area (Å²) in [5, 5.41) is 0. The van der Waals surface area contributed by atoms with Crippen molar-refractivity contribution < 1.29 is 19.1 Å². The van der Waals surface area contributed by atoms with Gasteiger partial charge in [0.25, 0.3) is 0 Å². The summed E-state index contributed by atoms with van der Waals surface area (Å²) in [6.07, 6.45) is 15.0. The molecule has 0 aromatic heterocycles. The second kappa shape index (κ2) is 5.56. The Morgan fingerprint density at radius 1 is 0.615 bits per heavy atom. The van der Waals surface area contributed by atoms with Crippen LogP contribution in [0.3, 0.4) is 0 Å². The first-order valence-corrected chi connectivity index (χ1v) is 8.44. The molecule has 126 valence electrons. The average molecular weight is 342 g/mol. The summed E-state index contributed by atoms with van der Waals surface area (Å²) in [7, 11) is 0. The molecule has 0 fully saturated rings. The van der Waals surface area contributed by atoms with Crippen LogP contribution in [0.25, 0.3) is 11.5 Å². The van der Waals surface area contributed by atoms with Crippen molar-refractivity contribution >= 4 is 23.5 Å². The number of allylic oxidation sites excluding steroid dienone is 6. The van der Waals surface area contributed by atoms with Crippen LogP contribution in [0.1, 0.15) is 11.1 Å². The van der Waals surface area contributed by atoms with Crippen LogP contribution in [0, 0.1) is 11.8 Å². The zero-order valence-electron chi connectivity index (χ0n) is 13.7. The number of hydrogen-bond donors (Lipinski definition) is 0. The zero-order chi connectivity index (χ0) is 17.7. The molecule has 2 atom stereocenters. The molecular formula is C22H14O4. The summed E-state index contributed by atoms with van der Waals surface area (Å²) in [6, 6.07) is 7.54. The Morgan fingerprint density at radius 3 is 1.46 bits per heavy atom. The van der Waals surface area contributed by atoms with Crippen LogP contribution in [-0.2, 0) is 19.1 Å². The standard InChI is InChI=1S/C22H14O4/c23-21-17-7-3-1-5-15(17)19(25-21)13-9-11-14(12-10-13)20-16-6-2-4-8-18(16)22(24)26-20/h1-12,17-18H. The fourth-order valence-electron chi connectivity index (χ4n) is 3.60. The highest BCUT2D eigenvalue weighted by molar-refractivity contribution is 5.95. The summed E-state index contributed by atoms with van der Waals surface area (Å²) in [4.78, 5) is 24.1. The van der Waals surface area contributed by atoms with Crippen LogP contribution in [0.2, 0.25) is 0 Å². The Kier molecular flexibility index (Phi) is 3.19. The molecule has 0 N–H and O–H groups in total. The molecule has 5 rings (SSSR count). The van der Waals surface area contributed by atoms with E-state index in [9.17, 15) is 9.59 Å². The number of ether oxygens (including phenoxy) is 2. The van der Waals surface area contributed by atoms with Crippen molar-refractivity contribution in [3.8, 4) is 0 Å². The van der Waals surface area contributed by atoms with E-state index >= 15 is 0 Å². The van der Waals surface area contributed by atoms with Gasteiger partial charge in [-0.25, -0.2) is 0 Å². The molecule has 2 aliphatic heterocycles. The van der Waals surface area contributed by atoms with Crippen molar-refractivity contribution in [2.75, 3.05) is 0 Å². The minimum atomic E-state index is -0.324. The number of cyclic esters (lactones) is 2. The Bertz CT molecular complexity index is 930. The SMILES string of the molecule is O=C1OC(c2ccc(C3=C4C=CC=CC4C(=O)O3)cc2)=C2C=CC=CC12. The van der Waals surface area contributed by atoms with E-state index in [0.29, 0.717) is 11.5 Å². The van der Waals surface area contributed by atoms with Gasteiger partial charge < -0.3 is 9.47 Å². The monoisotopic (exact) mass is 342 g/mol. The maximum Gasteiger partial charge on any atom is 0.322 e. The fourth-order valence-corrected chi connectivity index (χ4v) is 3.60. The number of hydrogen-bond acceptors (Lipinski definition) is 4. The Balaban J connectivity index is 1.51. The number of fused-ring (bicyclic) bond motifs is 2. The molecule has 4 heteroatoms. The van der Waals surface area contributed by atoms with Gasteiger partial charge in [0, 0.05) is 22.3 Å². The van der Waals surface area contributed by atoms with Gasteiger partial charge in [-0.15, -0.1) is 0 Å². The van der Waals surface area contributed by atoms with Gasteiger partial charge in [-0.2, -0.15) is 0 Å². The van der Waals surface area contributed by atoms with Gasteiger partial charge in [-0.1, -0.05) is 72.9 Å². The molecule has 0 spiro atoms. The fraction of sp³-hybridized carbons (Fsp3) is 0.0909. The molecule has 4 aliphatic rings. The number of carbonyl (C=O) groups excluding carboxylic acids is 2. The molecule has 2 aliphatic carbocycles. The molecule has 26 heavy (non-hydrogen) atoms. The van der Waals surface area contributed by atoms with E-state index in [1.54, 1.807) is 0 Å². The lowest BCUT2D eigenvalue weighted by atomic mass is 9.92. The number of benzene rings is 1. The molecule has 0 saturated heterocycles. The quantitative estimate of drug-likeness (QED) is 0.769. The second-order valence-electron chi connectivity index (χ2n) is 6.43. The average Bonchev–Trinajstić information content (AvgIpc) is 3.20. The van der Waals surface area contributed by atoms with Gasteiger partial charge in [-0.05, 0) is 0 Å². The van der Waals surface area contributed by atoms with Gasteiger partial charge in [-0.3, -0.25) is 9.59 Å². The van der Waals surface area contributed by atoms with Crippen LogP contribution in [-0.4, -0.2) is 11.9 Å². The Morgan fingerprint density at radius 2 is 1.04 bits per heavy atom. The van der Waals surface area contributed by atoms with Crippen molar-refractivity contribution in [1.82, 2.24) is 0 Å². The molecule has 0 radical (unpaired) electrons. The predicted octanol–water partition coefficient (Wildman–Crippen LogP) is 3.71. The number of rotatable bonds is 2. The van der Waals surface area contributed by atoms with Crippen molar-refractivity contribution in [2.24, 2.45) is 11.8 Å². The van der Waals surface area contributed by atoms with Crippen LogP contribution < -0.4 is 0 Å². The molecule has 2 heterocycles. The third-order valence-corrected chi connectivity index (χ3v) is 4.90. The van der Waals surface area contributed by atoms with Crippen LogP contribution >= 0.6 is 0 Å². The van der Waals surface area contributed by atoms with E-state index in [0.717, 1.165) is 22.3 Å². The molecule has 0 saturated carbocycles. The van der Waals surface area contributed by atoms with Crippen LogP contribution in [0.15, 0.2) is 84.0 Å². The Labute approximate surface area is 150 Å². The summed E-state index contributed by atoms with van der Waals surface area (Å²) >= 11 is 0. The largest absolute Gasteiger partial charge is 0.425 e. The highest BCUT2D eigenvalue weighted by atomic mass is 16.5. The third-order valence-electron chi connectivity index (χ3n) is 4.90. The lowest BCUT2D eigenvalue weighted by molar-refractivity contribution is -0.137. The molecule has 0 amide bonds. The lowest BCUT2D eigenvalue weighted by Crippen LogP contribution is -2.08. The summed E-state index contributed by atoms with van der Waals surface area (Å²) in [6.45, 7) is 0. The van der Waals surface area contributed by atoms with Crippen LogP contribution in [0.4, 0.5) is 0 Å². The van der Waals surface area contributed by atoms with E-state index < -0.39 is 0 Å². The molecule has 0 bridgehead atoms. The van der Waals surface area contributed by atoms with E-state index in [-0.39, 0.29) is 23.8 Å². The molecule has 2 unspecified atom stereocenters.